The van der Waals surface area contributed by atoms with Crippen molar-refractivity contribution < 1.29 is 0 Å². The first-order valence-electron chi connectivity index (χ1n) is 6.90. The van der Waals surface area contributed by atoms with Crippen LogP contribution in [0.2, 0.25) is 0 Å². The number of benzene rings is 1. The average Bonchev–Trinajstić information content (AvgIpc) is 3.19. The van der Waals surface area contributed by atoms with Crippen molar-refractivity contribution >= 4 is 5.69 Å². The van der Waals surface area contributed by atoms with Gasteiger partial charge in [-0.2, -0.15) is 0 Å². The molecule has 1 fully saturated rings. The van der Waals surface area contributed by atoms with E-state index in [0.29, 0.717) is 0 Å². The van der Waals surface area contributed by atoms with Crippen molar-refractivity contribution in [1.29, 1.82) is 0 Å². The summed E-state index contributed by atoms with van der Waals surface area (Å²) >= 11 is 0. The normalized spacial score (nSPS) is 14.6. The minimum absolute atomic E-state index is 0.760. The molecule has 18 heavy (non-hydrogen) atoms. The van der Waals surface area contributed by atoms with Crippen molar-refractivity contribution in [3.05, 3.63) is 42.0 Å². The quantitative estimate of drug-likeness (QED) is 0.741. The molecule has 0 radical (unpaired) electrons. The molecule has 1 aliphatic carbocycles. The molecular formula is C16H24N2. The Balaban J connectivity index is 1.87. The number of nitrogens with one attached hydrogen (secondary N) is 1. The highest BCUT2D eigenvalue weighted by molar-refractivity contribution is 5.48. The van der Waals surface area contributed by atoms with E-state index in [1.54, 1.807) is 0 Å². The average molecular weight is 244 g/mol. The molecule has 0 spiro atoms. The molecule has 1 aromatic rings. The summed E-state index contributed by atoms with van der Waals surface area (Å²) in [7, 11) is 0. The summed E-state index contributed by atoms with van der Waals surface area (Å²) in [6, 6.07) is 9.49. The van der Waals surface area contributed by atoms with Gasteiger partial charge in [0.1, 0.15) is 0 Å². The van der Waals surface area contributed by atoms with Crippen molar-refractivity contribution in [2.45, 2.75) is 32.7 Å². The molecule has 98 valence electrons. The van der Waals surface area contributed by atoms with E-state index in [9.17, 15) is 0 Å². The smallest absolute Gasteiger partial charge is 0.0398 e. The second-order valence-electron chi connectivity index (χ2n) is 5.25. The van der Waals surface area contributed by atoms with Gasteiger partial charge in [0, 0.05) is 31.4 Å². The van der Waals surface area contributed by atoms with Crippen molar-refractivity contribution in [1.82, 2.24) is 5.32 Å². The highest BCUT2D eigenvalue weighted by Crippen LogP contribution is 2.19. The number of anilines is 1. The maximum absolute atomic E-state index is 4.18. The van der Waals surface area contributed by atoms with E-state index in [-0.39, 0.29) is 0 Å². The highest BCUT2D eigenvalue weighted by atomic mass is 15.1. The lowest BCUT2D eigenvalue weighted by atomic mass is 10.2. The van der Waals surface area contributed by atoms with Gasteiger partial charge in [-0.25, -0.2) is 0 Å². The Morgan fingerprint density at radius 1 is 1.33 bits per heavy atom. The van der Waals surface area contributed by atoms with Gasteiger partial charge < -0.3 is 10.2 Å². The van der Waals surface area contributed by atoms with Crippen molar-refractivity contribution in [3.8, 4) is 0 Å². The molecule has 0 saturated heterocycles. The molecule has 0 aromatic heterocycles. The van der Waals surface area contributed by atoms with Crippen LogP contribution < -0.4 is 10.2 Å². The molecule has 0 aliphatic heterocycles. The molecule has 1 N–H and O–H groups in total. The Hall–Kier alpha value is -1.28. The number of rotatable bonds is 7. The third-order valence-corrected chi connectivity index (χ3v) is 3.41. The van der Waals surface area contributed by atoms with Gasteiger partial charge in [-0.15, -0.1) is 0 Å². The maximum Gasteiger partial charge on any atom is 0.0398 e. The van der Waals surface area contributed by atoms with Gasteiger partial charge in [0.25, 0.3) is 0 Å². The van der Waals surface area contributed by atoms with Crippen LogP contribution in [0, 0.1) is 6.92 Å². The summed E-state index contributed by atoms with van der Waals surface area (Å²) < 4.78 is 0. The van der Waals surface area contributed by atoms with Crippen LogP contribution in [0.15, 0.2) is 36.4 Å². The Labute approximate surface area is 111 Å². The van der Waals surface area contributed by atoms with Crippen molar-refractivity contribution in [3.63, 3.8) is 0 Å². The van der Waals surface area contributed by atoms with Crippen LogP contribution >= 0.6 is 0 Å². The predicted molar refractivity (Wildman–Crippen MR) is 79.2 cm³/mol. The zero-order valence-corrected chi connectivity index (χ0v) is 11.6. The van der Waals surface area contributed by atoms with Crippen molar-refractivity contribution in [2.24, 2.45) is 0 Å². The second kappa shape index (κ2) is 6.05. The molecule has 0 unspecified atom stereocenters. The fraction of sp³-hybridized carbons (Fsp3) is 0.500. The van der Waals surface area contributed by atoms with Crippen molar-refractivity contribution in [2.75, 3.05) is 24.5 Å². The van der Waals surface area contributed by atoms with E-state index in [2.05, 4.69) is 54.9 Å². The first kappa shape index (κ1) is 13.2. The van der Waals surface area contributed by atoms with E-state index < -0.39 is 0 Å². The number of nitrogens with zero attached hydrogens (tertiary/aromatic N) is 1. The summed E-state index contributed by atoms with van der Waals surface area (Å²) in [4.78, 5) is 2.37. The Kier molecular flexibility index (Phi) is 4.43. The van der Waals surface area contributed by atoms with Gasteiger partial charge >= 0.3 is 0 Å². The third kappa shape index (κ3) is 3.88. The first-order chi connectivity index (χ1) is 8.69. The zero-order chi connectivity index (χ0) is 13.0. The minimum Gasteiger partial charge on any atom is -0.368 e. The lowest BCUT2D eigenvalue weighted by molar-refractivity contribution is 0.716. The summed E-state index contributed by atoms with van der Waals surface area (Å²) in [5.74, 6) is 0. The molecule has 0 atom stereocenters. The molecule has 0 bridgehead atoms. The van der Waals surface area contributed by atoms with Gasteiger partial charge in [0.2, 0.25) is 0 Å². The van der Waals surface area contributed by atoms with Gasteiger partial charge in [-0.05, 0) is 44.4 Å². The van der Waals surface area contributed by atoms with E-state index in [4.69, 9.17) is 0 Å². The molecule has 1 aliphatic rings. The van der Waals surface area contributed by atoms with Crippen LogP contribution in [0.3, 0.4) is 0 Å². The number of aryl methyl sites for hydroxylation is 1. The molecule has 0 amide bonds. The van der Waals surface area contributed by atoms with Crippen LogP contribution in [-0.2, 0) is 0 Å². The Morgan fingerprint density at radius 2 is 2.00 bits per heavy atom. The number of likely N-dealkylation sites (N-methyl/N-ethyl adjacent to an activating group) is 1. The second-order valence-corrected chi connectivity index (χ2v) is 5.25. The van der Waals surface area contributed by atoms with Gasteiger partial charge in [0.15, 0.2) is 0 Å². The third-order valence-electron chi connectivity index (χ3n) is 3.41. The Bertz CT molecular complexity index is 390. The number of hydrogen-bond acceptors (Lipinski definition) is 2. The summed E-state index contributed by atoms with van der Waals surface area (Å²) in [6.45, 7) is 11.4. The minimum atomic E-state index is 0.760. The van der Waals surface area contributed by atoms with Crippen LogP contribution in [-0.4, -0.2) is 25.7 Å². The SMILES string of the molecule is C=C(CNC1CC1)CN(CC)c1ccc(C)cc1. The van der Waals surface area contributed by atoms with Crippen LogP contribution in [0.4, 0.5) is 5.69 Å². The fourth-order valence-corrected chi connectivity index (χ4v) is 2.04. The van der Waals surface area contributed by atoms with Crippen LogP contribution in [0.1, 0.15) is 25.3 Å². The molecule has 2 nitrogen and oxygen atoms in total. The summed E-state index contributed by atoms with van der Waals surface area (Å²) in [5, 5.41) is 3.52. The van der Waals surface area contributed by atoms with Gasteiger partial charge in [-0.1, -0.05) is 24.3 Å². The van der Waals surface area contributed by atoms with Crippen LogP contribution in [0.5, 0.6) is 0 Å². The first-order valence-corrected chi connectivity index (χ1v) is 6.90. The fourth-order valence-electron chi connectivity index (χ4n) is 2.04. The highest BCUT2D eigenvalue weighted by Gasteiger charge is 2.20. The molecule has 0 heterocycles. The lowest BCUT2D eigenvalue weighted by Gasteiger charge is -2.24. The molecule has 1 aromatic carbocycles. The number of hydrogen-bond donors (Lipinski definition) is 1. The topological polar surface area (TPSA) is 15.3 Å². The lowest BCUT2D eigenvalue weighted by Crippen LogP contribution is -2.29. The summed E-state index contributed by atoms with van der Waals surface area (Å²) in [6.07, 6.45) is 2.67. The largest absolute Gasteiger partial charge is 0.368 e. The van der Waals surface area contributed by atoms with E-state index in [0.717, 1.165) is 25.7 Å². The molecule has 2 rings (SSSR count). The van der Waals surface area contributed by atoms with Gasteiger partial charge in [0.05, 0.1) is 0 Å². The molecule has 2 heteroatoms. The van der Waals surface area contributed by atoms with E-state index in [1.807, 2.05) is 0 Å². The van der Waals surface area contributed by atoms with Gasteiger partial charge in [-0.3, -0.25) is 0 Å². The van der Waals surface area contributed by atoms with E-state index in [1.165, 1.54) is 29.7 Å². The summed E-state index contributed by atoms with van der Waals surface area (Å²) in [5.41, 5.74) is 3.86. The standard InChI is InChI=1S/C16H24N2/c1-4-18(16-9-5-13(2)6-10-16)12-14(3)11-17-15-7-8-15/h5-6,9-10,15,17H,3-4,7-8,11-12H2,1-2H3. The maximum atomic E-state index is 4.18. The van der Waals surface area contributed by atoms with Crippen LogP contribution in [0.25, 0.3) is 0 Å². The monoisotopic (exact) mass is 244 g/mol. The van der Waals surface area contributed by atoms with E-state index >= 15 is 0 Å². The predicted octanol–water partition coefficient (Wildman–Crippen LogP) is 3.13. The zero-order valence-electron chi connectivity index (χ0n) is 11.6. The molecular weight excluding hydrogens is 220 g/mol. The Morgan fingerprint density at radius 3 is 2.56 bits per heavy atom. The molecule has 1 saturated carbocycles.